The molecular formula is C22H26N4O3. The summed E-state index contributed by atoms with van der Waals surface area (Å²) in [5, 5.41) is 3.31. The fourth-order valence-electron chi connectivity index (χ4n) is 3.02. The number of anilines is 3. The van der Waals surface area contributed by atoms with E-state index < -0.39 is 0 Å². The summed E-state index contributed by atoms with van der Waals surface area (Å²) in [6, 6.07) is 15.8. The molecular weight excluding hydrogens is 368 g/mol. The molecule has 0 aliphatic heterocycles. The smallest absolute Gasteiger partial charge is 0.227 e. The van der Waals surface area contributed by atoms with Gasteiger partial charge in [-0.15, -0.1) is 0 Å². The third-order valence-electron chi connectivity index (χ3n) is 4.38. The Labute approximate surface area is 171 Å². The average molecular weight is 394 g/mol. The zero-order chi connectivity index (χ0) is 20.8. The fraction of sp³-hybridized carbons (Fsp3) is 0.273. The molecule has 0 bridgehead atoms. The average Bonchev–Trinajstić information content (AvgIpc) is 2.73. The zero-order valence-corrected chi connectivity index (χ0v) is 17.4. The quantitative estimate of drug-likeness (QED) is 0.614. The molecule has 29 heavy (non-hydrogen) atoms. The van der Waals surface area contributed by atoms with Crippen molar-refractivity contribution in [3.8, 4) is 17.2 Å². The first-order chi connectivity index (χ1) is 14.0. The Balaban J connectivity index is 1.87. The summed E-state index contributed by atoms with van der Waals surface area (Å²) >= 11 is 0. The molecule has 0 aliphatic rings. The maximum atomic E-state index is 5.42. The fourth-order valence-corrected chi connectivity index (χ4v) is 3.02. The van der Waals surface area contributed by atoms with Crippen molar-refractivity contribution in [3.63, 3.8) is 0 Å². The monoisotopic (exact) mass is 394 g/mol. The highest BCUT2D eigenvalue weighted by molar-refractivity contribution is 5.67. The molecule has 3 rings (SSSR count). The minimum atomic E-state index is 0.544. The maximum absolute atomic E-state index is 5.42. The lowest BCUT2D eigenvalue weighted by Gasteiger charge is -2.19. The van der Waals surface area contributed by atoms with Crippen LogP contribution in [0.15, 0.2) is 48.5 Å². The van der Waals surface area contributed by atoms with Crippen LogP contribution in [0.25, 0.3) is 0 Å². The molecule has 0 saturated carbocycles. The number of nitrogens with one attached hydrogen (secondary N) is 1. The number of nitrogens with zero attached hydrogens (tertiary/aromatic N) is 3. The van der Waals surface area contributed by atoms with Gasteiger partial charge in [0.1, 0.15) is 5.82 Å². The Morgan fingerprint density at radius 1 is 0.897 bits per heavy atom. The lowest BCUT2D eigenvalue weighted by molar-refractivity contribution is 0.324. The van der Waals surface area contributed by atoms with E-state index in [9.17, 15) is 0 Å². The van der Waals surface area contributed by atoms with Crippen molar-refractivity contribution >= 4 is 17.5 Å². The molecule has 3 aromatic rings. The van der Waals surface area contributed by atoms with Crippen molar-refractivity contribution in [1.82, 2.24) is 9.97 Å². The number of hydrogen-bond acceptors (Lipinski definition) is 7. The van der Waals surface area contributed by atoms with Gasteiger partial charge in [-0.25, -0.2) is 4.98 Å². The van der Waals surface area contributed by atoms with Gasteiger partial charge in [0, 0.05) is 43.2 Å². The van der Waals surface area contributed by atoms with E-state index in [1.54, 1.807) is 21.3 Å². The second-order valence-electron chi connectivity index (χ2n) is 6.58. The number of benzene rings is 2. The van der Waals surface area contributed by atoms with E-state index in [2.05, 4.69) is 27.4 Å². The van der Waals surface area contributed by atoms with E-state index in [0.29, 0.717) is 35.6 Å². The van der Waals surface area contributed by atoms with Gasteiger partial charge >= 0.3 is 0 Å². The summed E-state index contributed by atoms with van der Waals surface area (Å²) < 4.78 is 16.2. The topological polar surface area (TPSA) is 68.7 Å². The molecule has 0 fully saturated rings. The van der Waals surface area contributed by atoms with Crippen LogP contribution in [0.4, 0.5) is 17.5 Å². The van der Waals surface area contributed by atoms with Gasteiger partial charge in [0.2, 0.25) is 11.7 Å². The summed E-state index contributed by atoms with van der Waals surface area (Å²) in [5.74, 6) is 3.01. The van der Waals surface area contributed by atoms with Gasteiger partial charge in [-0.2, -0.15) is 4.98 Å². The van der Waals surface area contributed by atoms with Crippen molar-refractivity contribution in [2.24, 2.45) is 0 Å². The van der Waals surface area contributed by atoms with Crippen LogP contribution in [0, 0.1) is 6.92 Å². The van der Waals surface area contributed by atoms with Crippen molar-refractivity contribution in [2.75, 3.05) is 38.6 Å². The molecule has 1 heterocycles. The summed E-state index contributed by atoms with van der Waals surface area (Å²) in [6.07, 6.45) is 0. The van der Waals surface area contributed by atoms with E-state index in [0.717, 1.165) is 11.4 Å². The highest BCUT2D eigenvalue weighted by Gasteiger charge is 2.14. The van der Waals surface area contributed by atoms with Crippen LogP contribution in [0.5, 0.6) is 17.2 Å². The molecule has 7 heteroatoms. The minimum Gasteiger partial charge on any atom is -0.493 e. The summed E-state index contributed by atoms with van der Waals surface area (Å²) in [4.78, 5) is 11.3. The van der Waals surface area contributed by atoms with E-state index in [4.69, 9.17) is 14.2 Å². The molecule has 7 nitrogen and oxygen atoms in total. The molecule has 0 spiro atoms. The molecule has 2 aromatic carbocycles. The Bertz CT molecular complexity index is 939. The van der Waals surface area contributed by atoms with Crippen LogP contribution < -0.4 is 24.4 Å². The SMILES string of the molecule is COc1cc(Nc2cc(C)nc(N(C)Cc3ccccc3)n2)cc(OC)c1OC. The van der Waals surface area contributed by atoms with E-state index >= 15 is 0 Å². The van der Waals surface area contributed by atoms with Gasteiger partial charge < -0.3 is 24.4 Å². The number of rotatable bonds is 8. The van der Waals surface area contributed by atoms with Crippen LogP contribution in [-0.2, 0) is 6.54 Å². The maximum Gasteiger partial charge on any atom is 0.227 e. The molecule has 1 aromatic heterocycles. The molecule has 0 unspecified atom stereocenters. The predicted molar refractivity (Wildman–Crippen MR) is 115 cm³/mol. The molecule has 0 atom stereocenters. The summed E-state index contributed by atoms with van der Waals surface area (Å²) in [5.41, 5.74) is 2.83. The first-order valence-electron chi connectivity index (χ1n) is 9.21. The molecule has 1 N–H and O–H groups in total. The van der Waals surface area contributed by atoms with E-state index in [1.165, 1.54) is 5.56 Å². The molecule has 0 amide bonds. The third kappa shape index (κ3) is 4.87. The van der Waals surface area contributed by atoms with Crippen LogP contribution in [-0.4, -0.2) is 38.3 Å². The summed E-state index contributed by atoms with van der Waals surface area (Å²) in [7, 11) is 6.74. The van der Waals surface area contributed by atoms with Gasteiger partial charge in [0.05, 0.1) is 21.3 Å². The van der Waals surface area contributed by atoms with Crippen LogP contribution in [0.3, 0.4) is 0 Å². The number of methoxy groups -OCH3 is 3. The van der Waals surface area contributed by atoms with Gasteiger partial charge in [-0.3, -0.25) is 0 Å². The molecule has 152 valence electrons. The van der Waals surface area contributed by atoms with Crippen molar-refractivity contribution in [2.45, 2.75) is 13.5 Å². The highest BCUT2D eigenvalue weighted by Crippen LogP contribution is 2.40. The van der Waals surface area contributed by atoms with E-state index in [-0.39, 0.29) is 0 Å². The predicted octanol–water partition coefficient (Wildman–Crippen LogP) is 4.19. The Morgan fingerprint density at radius 3 is 2.14 bits per heavy atom. The second kappa shape index (κ2) is 9.14. The standard InChI is InChI=1S/C22H26N4O3/c1-15-11-20(24-17-12-18(27-3)21(29-5)19(13-17)28-4)25-22(23-15)26(2)14-16-9-7-6-8-10-16/h6-13H,14H2,1-5H3,(H,23,24,25). The van der Waals surface area contributed by atoms with Crippen molar-refractivity contribution < 1.29 is 14.2 Å². The van der Waals surface area contributed by atoms with Gasteiger partial charge in [0.25, 0.3) is 0 Å². The molecule has 0 aliphatic carbocycles. The molecule has 0 saturated heterocycles. The third-order valence-corrected chi connectivity index (χ3v) is 4.38. The van der Waals surface area contributed by atoms with Crippen LogP contribution in [0.2, 0.25) is 0 Å². The Morgan fingerprint density at radius 2 is 1.55 bits per heavy atom. The number of ether oxygens (including phenoxy) is 3. The summed E-state index contributed by atoms with van der Waals surface area (Å²) in [6.45, 7) is 2.66. The Kier molecular flexibility index (Phi) is 6.39. The number of aromatic nitrogens is 2. The number of hydrogen-bond donors (Lipinski definition) is 1. The lowest BCUT2D eigenvalue weighted by atomic mass is 10.2. The zero-order valence-electron chi connectivity index (χ0n) is 17.4. The van der Waals surface area contributed by atoms with Crippen LogP contribution >= 0.6 is 0 Å². The molecule has 0 radical (unpaired) electrons. The van der Waals surface area contributed by atoms with Crippen molar-refractivity contribution in [1.29, 1.82) is 0 Å². The highest BCUT2D eigenvalue weighted by atomic mass is 16.5. The van der Waals surface area contributed by atoms with Gasteiger partial charge in [-0.1, -0.05) is 30.3 Å². The first kappa shape index (κ1) is 20.3. The normalized spacial score (nSPS) is 10.4. The largest absolute Gasteiger partial charge is 0.493 e. The first-order valence-corrected chi connectivity index (χ1v) is 9.21. The van der Waals surface area contributed by atoms with Gasteiger partial charge in [0.15, 0.2) is 11.5 Å². The minimum absolute atomic E-state index is 0.544. The van der Waals surface area contributed by atoms with Gasteiger partial charge in [-0.05, 0) is 12.5 Å². The van der Waals surface area contributed by atoms with Crippen molar-refractivity contribution in [3.05, 3.63) is 59.8 Å². The van der Waals surface area contributed by atoms with E-state index in [1.807, 2.05) is 55.3 Å². The Hall–Kier alpha value is -3.48. The number of aryl methyl sites for hydroxylation is 1. The van der Waals surface area contributed by atoms with Crippen LogP contribution in [0.1, 0.15) is 11.3 Å². The second-order valence-corrected chi connectivity index (χ2v) is 6.58. The lowest BCUT2D eigenvalue weighted by Crippen LogP contribution is -2.19.